The molecule has 1 aromatic carbocycles. The number of amides is 1. The summed E-state index contributed by atoms with van der Waals surface area (Å²) in [6.07, 6.45) is 1.73. The lowest BCUT2D eigenvalue weighted by Crippen LogP contribution is -2.31. The van der Waals surface area contributed by atoms with Gasteiger partial charge in [0.05, 0.1) is 23.5 Å². The molecule has 0 aliphatic heterocycles. The van der Waals surface area contributed by atoms with E-state index in [0.29, 0.717) is 12.1 Å². The standard InChI is InChI=1S/C20H18BrN3O/c1-14-6-11-19(15(2)23-14)20(25)24(13-17-5-3-4-12-22-17)18-9-7-16(21)8-10-18/h3-12H,13H2,1-2H3. The van der Waals surface area contributed by atoms with Gasteiger partial charge >= 0.3 is 0 Å². The van der Waals surface area contributed by atoms with Crippen LogP contribution in [0.2, 0.25) is 0 Å². The van der Waals surface area contributed by atoms with Gasteiger partial charge in [-0.1, -0.05) is 22.0 Å². The molecule has 0 unspecified atom stereocenters. The first kappa shape index (κ1) is 17.3. The van der Waals surface area contributed by atoms with Crippen LogP contribution in [0.4, 0.5) is 5.69 Å². The summed E-state index contributed by atoms with van der Waals surface area (Å²) in [5.74, 6) is -0.0852. The van der Waals surface area contributed by atoms with Gasteiger partial charge in [-0.15, -0.1) is 0 Å². The number of carbonyl (C=O) groups excluding carboxylic acids is 1. The summed E-state index contributed by atoms with van der Waals surface area (Å²) in [7, 11) is 0. The van der Waals surface area contributed by atoms with Crippen molar-refractivity contribution in [2.45, 2.75) is 20.4 Å². The number of rotatable bonds is 4. The van der Waals surface area contributed by atoms with Crippen molar-refractivity contribution >= 4 is 27.5 Å². The van der Waals surface area contributed by atoms with Gasteiger partial charge in [0.15, 0.2) is 0 Å². The Labute approximate surface area is 155 Å². The molecule has 25 heavy (non-hydrogen) atoms. The Morgan fingerprint density at radius 3 is 2.44 bits per heavy atom. The number of benzene rings is 1. The lowest BCUT2D eigenvalue weighted by Gasteiger charge is -2.23. The molecule has 3 aromatic rings. The predicted octanol–water partition coefficient (Wildman–Crippen LogP) is 4.70. The van der Waals surface area contributed by atoms with Gasteiger partial charge in [0.1, 0.15) is 0 Å². The highest BCUT2D eigenvalue weighted by Gasteiger charge is 2.21. The SMILES string of the molecule is Cc1ccc(C(=O)N(Cc2ccccn2)c2ccc(Br)cc2)c(C)n1. The van der Waals surface area contributed by atoms with Crippen molar-refractivity contribution in [1.82, 2.24) is 9.97 Å². The van der Waals surface area contributed by atoms with Gasteiger partial charge in [0, 0.05) is 22.1 Å². The van der Waals surface area contributed by atoms with Gasteiger partial charge in [-0.3, -0.25) is 14.8 Å². The molecule has 0 saturated heterocycles. The number of aromatic nitrogens is 2. The van der Waals surface area contributed by atoms with Crippen molar-refractivity contribution in [2.24, 2.45) is 0 Å². The quantitative estimate of drug-likeness (QED) is 0.642. The van der Waals surface area contributed by atoms with Crippen LogP contribution < -0.4 is 4.90 Å². The van der Waals surface area contributed by atoms with Gasteiger partial charge in [0.2, 0.25) is 0 Å². The summed E-state index contributed by atoms with van der Waals surface area (Å²) in [4.78, 5) is 23.7. The molecule has 126 valence electrons. The van der Waals surface area contributed by atoms with E-state index in [1.54, 1.807) is 11.1 Å². The summed E-state index contributed by atoms with van der Waals surface area (Å²) < 4.78 is 0.967. The zero-order chi connectivity index (χ0) is 17.8. The maximum atomic E-state index is 13.2. The molecular weight excluding hydrogens is 378 g/mol. The van der Waals surface area contributed by atoms with Crippen molar-refractivity contribution in [3.63, 3.8) is 0 Å². The van der Waals surface area contributed by atoms with Crippen molar-refractivity contribution in [2.75, 3.05) is 4.90 Å². The third-order valence-corrected chi connectivity index (χ3v) is 4.41. The number of halogens is 1. The minimum atomic E-state index is -0.0852. The number of nitrogens with zero attached hydrogens (tertiary/aromatic N) is 3. The summed E-state index contributed by atoms with van der Waals surface area (Å²) >= 11 is 3.44. The van der Waals surface area contributed by atoms with Crippen LogP contribution in [0.3, 0.4) is 0 Å². The van der Waals surface area contributed by atoms with Gasteiger partial charge in [0.25, 0.3) is 5.91 Å². The van der Waals surface area contributed by atoms with E-state index in [-0.39, 0.29) is 5.91 Å². The molecule has 0 bridgehead atoms. The highest BCUT2D eigenvalue weighted by molar-refractivity contribution is 9.10. The molecule has 0 atom stereocenters. The molecular formula is C20H18BrN3O. The lowest BCUT2D eigenvalue weighted by molar-refractivity contribution is 0.0984. The fourth-order valence-corrected chi connectivity index (χ4v) is 2.88. The molecule has 4 nitrogen and oxygen atoms in total. The Morgan fingerprint density at radius 2 is 1.80 bits per heavy atom. The molecule has 1 amide bonds. The number of carbonyl (C=O) groups is 1. The molecule has 0 saturated carbocycles. The van der Waals surface area contributed by atoms with Gasteiger partial charge in [-0.25, -0.2) is 0 Å². The maximum Gasteiger partial charge on any atom is 0.260 e. The monoisotopic (exact) mass is 395 g/mol. The third-order valence-electron chi connectivity index (χ3n) is 3.89. The molecule has 0 radical (unpaired) electrons. The maximum absolute atomic E-state index is 13.2. The zero-order valence-electron chi connectivity index (χ0n) is 14.1. The zero-order valence-corrected chi connectivity index (χ0v) is 15.7. The highest BCUT2D eigenvalue weighted by Crippen LogP contribution is 2.23. The fraction of sp³-hybridized carbons (Fsp3) is 0.150. The van der Waals surface area contributed by atoms with E-state index in [4.69, 9.17) is 0 Å². The average molecular weight is 396 g/mol. The van der Waals surface area contributed by atoms with Crippen LogP contribution in [-0.2, 0) is 6.54 Å². The predicted molar refractivity (Wildman–Crippen MR) is 103 cm³/mol. The molecule has 0 aliphatic rings. The van der Waals surface area contributed by atoms with Crippen LogP contribution in [-0.4, -0.2) is 15.9 Å². The van der Waals surface area contributed by atoms with E-state index < -0.39 is 0 Å². The Morgan fingerprint density at radius 1 is 1.04 bits per heavy atom. The lowest BCUT2D eigenvalue weighted by atomic mass is 10.1. The highest BCUT2D eigenvalue weighted by atomic mass is 79.9. The molecule has 0 aliphatic carbocycles. The van der Waals surface area contributed by atoms with Crippen LogP contribution in [0.5, 0.6) is 0 Å². The van der Waals surface area contributed by atoms with Crippen LogP contribution in [0.15, 0.2) is 65.3 Å². The van der Waals surface area contributed by atoms with Crippen molar-refractivity contribution in [3.05, 3.63) is 87.9 Å². The van der Waals surface area contributed by atoms with E-state index in [1.807, 2.05) is 68.4 Å². The number of aryl methyl sites for hydroxylation is 2. The molecule has 2 heterocycles. The second-order valence-corrected chi connectivity index (χ2v) is 6.69. The third kappa shape index (κ3) is 4.12. The summed E-state index contributed by atoms with van der Waals surface area (Å²) in [5.41, 5.74) is 3.88. The topological polar surface area (TPSA) is 46.1 Å². The van der Waals surface area contributed by atoms with Crippen molar-refractivity contribution < 1.29 is 4.79 Å². The normalized spacial score (nSPS) is 10.5. The Kier molecular flexibility index (Phi) is 5.24. The smallest absolute Gasteiger partial charge is 0.260 e. The number of pyridine rings is 2. The van der Waals surface area contributed by atoms with Gasteiger partial charge in [-0.05, 0) is 62.4 Å². The summed E-state index contributed by atoms with van der Waals surface area (Å²) in [5, 5.41) is 0. The first-order valence-electron chi connectivity index (χ1n) is 7.96. The fourth-order valence-electron chi connectivity index (χ4n) is 2.61. The Bertz CT molecular complexity index is 879. The van der Waals surface area contributed by atoms with E-state index in [1.165, 1.54) is 0 Å². The summed E-state index contributed by atoms with van der Waals surface area (Å²) in [6, 6.07) is 17.1. The number of hydrogen-bond donors (Lipinski definition) is 0. The van der Waals surface area contributed by atoms with Crippen LogP contribution in [0.1, 0.15) is 27.4 Å². The van der Waals surface area contributed by atoms with Crippen LogP contribution in [0.25, 0.3) is 0 Å². The molecule has 0 N–H and O–H groups in total. The average Bonchev–Trinajstić information content (AvgIpc) is 2.61. The molecule has 5 heteroatoms. The molecule has 3 rings (SSSR count). The second-order valence-electron chi connectivity index (χ2n) is 5.77. The van der Waals surface area contributed by atoms with Crippen molar-refractivity contribution in [1.29, 1.82) is 0 Å². The Hall–Kier alpha value is -2.53. The van der Waals surface area contributed by atoms with E-state index in [2.05, 4.69) is 25.9 Å². The van der Waals surface area contributed by atoms with E-state index in [9.17, 15) is 4.79 Å². The molecule has 0 spiro atoms. The summed E-state index contributed by atoms with van der Waals surface area (Å²) in [6.45, 7) is 4.18. The molecule has 2 aromatic heterocycles. The van der Waals surface area contributed by atoms with E-state index in [0.717, 1.165) is 27.2 Å². The largest absolute Gasteiger partial charge is 0.302 e. The first-order valence-corrected chi connectivity index (χ1v) is 8.75. The van der Waals surface area contributed by atoms with E-state index >= 15 is 0 Å². The number of anilines is 1. The van der Waals surface area contributed by atoms with Crippen LogP contribution in [0, 0.1) is 13.8 Å². The molecule has 0 fully saturated rings. The van der Waals surface area contributed by atoms with Gasteiger partial charge < -0.3 is 4.90 Å². The van der Waals surface area contributed by atoms with Crippen LogP contribution >= 0.6 is 15.9 Å². The van der Waals surface area contributed by atoms with Gasteiger partial charge in [-0.2, -0.15) is 0 Å². The Balaban J connectivity index is 2.00. The van der Waals surface area contributed by atoms with Crippen molar-refractivity contribution in [3.8, 4) is 0 Å². The minimum Gasteiger partial charge on any atom is -0.302 e. The number of hydrogen-bond acceptors (Lipinski definition) is 3. The minimum absolute atomic E-state index is 0.0852. The first-order chi connectivity index (χ1) is 12.0. The second kappa shape index (κ2) is 7.57.